The first-order chi connectivity index (χ1) is 9.66. The van der Waals surface area contributed by atoms with Crippen LogP contribution in [0.3, 0.4) is 0 Å². The first kappa shape index (κ1) is 16.7. The zero-order chi connectivity index (χ0) is 16.2. The average Bonchev–Trinajstić information content (AvgIpc) is 2.37. The number of hydrogen-bond donors (Lipinski definition) is 0. The third kappa shape index (κ3) is 4.29. The van der Waals surface area contributed by atoms with Gasteiger partial charge in [-0.15, -0.1) is 0 Å². The van der Waals surface area contributed by atoms with Gasteiger partial charge in [-0.2, -0.15) is 17.6 Å². The lowest BCUT2D eigenvalue weighted by Gasteiger charge is -2.12. The van der Waals surface area contributed by atoms with Crippen molar-refractivity contribution in [2.75, 3.05) is 6.61 Å². The second kappa shape index (κ2) is 6.37. The van der Waals surface area contributed by atoms with Gasteiger partial charge in [0.1, 0.15) is 0 Å². The van der Waals surface area contributed by atoms with E-state index in [4.69, 9.17) is 0 Å². The van der Waals surface area contributed by atoms with Crippen molar-refractivity contribution in [2.45, 2.75) is 19.5 Å². The van der Waals surface area contributed by atoms with Crippen LogP contribution in [0.15, 0.2) is 18.2 Å². The number of hydrogen-bond acceptors (Lipinski definition) is 5. The van der Waals surface area contributed by atoms with Gasteiger partial charge in [-0.3, -0.25) is 10.1 Å². The molecule has 0 spiro atoms. The van der Waals surface area contributed by atoms with Crippen molar-refractivity contribution in [3.05, 3.63) is 33.9 Å². The number of esters is 1. The molecule has 0 aliphatic rings. The lowest BCUT2D eigenvalue weighted by molar-refractivity contribution is -0.386. The van der Waals surface area contributed by atoms with Gasteiger partial charge in [0.15, 0.2) is 0 Å². The van der Waals surface area contributed by atoms with Crippen LogP contribution in [0.4, 0.5) is 23.2 Å². The number of nitrogens with zero attached hydrogens (tertiary/aromatic N) is 1. The van der Waals surface area contributed by atoms with Gasteiger partial charge in [-0.05, 0) is 19.1 Å². The van der Waals surface area contributed by atoms with Crippen LogP contribution in [0.5, 0.6) is 5.75 Å². The number of halogens is 4. The van der Waals surface area contributed by atoms with Crippen LogP contribution >= 0.6 is 0 Å². The largest absolute Gasteiger partial charge is 0.461 e. The Morgan fingerprint density at radius 3 is 2.52 bits per heavy atom. The lowest BCUT2D eigenvalue weighted by Crippen LogP contribution is -2.25. The minimum absolute atomic E-state index is 0.155. The van der Waals surface area contributed by atoms with Crippen molar-refractivity contribution in [2.24, 2.45) is 0 Å². The summed E-state index contributed by atoms with van der Waals surface area (Å²) in [6.07, 6.45) is -7.49. The fourth-order valence-corrected chi connectivity index (χ4v) is 1.30. The Kier molecular flexibility index (Phi) is 5.06. The summed E-state index contributed by atoms with van der Waals surface area (Å²) in [4.78, 5) is 20.5. The van der Waals surface area contributed by atoms with E-state index in [1.54, 1.807) is 0 Å². The van der Waals surface area contributed by atoms with E-state index in [-0.39, 0.29) is 12.7 Å². The van der Waals surface area contributed by atoms with Crippen LogP contribution in [-0.2, 0) is 15.7 Å². The summed E-state index contributed by atoms with van der Waals surface area (Å²) >= 11 is 0. The first-order valence-electron chi connectivity index (χ1n) is 5.49. The topological polar surface area (TPSA) is 78.7 Å². The van der Waals surface area contributed by atoms with Gasteiger partial charge < -0.3 is 9.47 Å². The third-order valence-electron chi connectivity index (χ3n) is 2.19. The van der Waals surface area contributed by atoms with E-state index < -0.39 is 40.4 Å². The molecule has 0 aliphatic heterocycles. The molecule has 0 bridgehead atoms. The van der Waals surface area contributed by atoms with Gasteiger partial charge in [0, 0.05) is 6.07 Å². The molecule has 0 aromatic heterocycles. The summed E-state index contributed by atoms with van der Waals surface area (Å²) in [6.45, 7) is 1.24. The molecular weight excluding hydrogens is 302 g/mol. The van der Waals surface area contributed by atoms with Gasteiger partial charge >= 0.3 is 24.2 Å². The monoisotopic (exact) mass is 311 g/mol. The highest BCUT2D eigenvalue weighted by Gasteiger charge is 2.34. The minimum atomic E-state index is -4.81. The second-order valence-corrected chi connectivity index (χ2v) is 3.62. The van der Waals surface area contributed by atoms with Crippen molar-refractivity contribution in [3.8, 4) is 5.75 Å². The molecule has 1 atom stereocenters. The molecule has 0 saturated heterocycles. The normalized spacial score (nSPS) is 12.6. The second-order valence-electron chi connectivity index (χ2n) is 3.62. The van der Waals surface area contributed by atoms with Crippen LogP contribution in [-0.4, -0.2) is 23.9 Å². The smallest absolute Gasteiger partial charge is 0.416 e. The molecule has 0 heterocycles. The molecule has 21 heavy (non-hydrogen) atoms. The van der Waals surface area contributed by atoms with E-state index in [0.29, 0.717) is 12.1 Å². The predicted octanol–water partition coefficient (Wildman–Crippen LogP) is 2.85. The number of nitro benzene ring substituents is 1. The standard InChI is InChI=1S/C11H9F4NO5/c1-2-20-10(17)9(12)21-8-4-3-6(11(13,14)15)5-7(8)16(18)19/h3-5,9H,2H2,1H3. The number of benzene rings is 1. The Balaban J connectivity index is 3.08. The molecule has 116 valence electrons. The summed E-state index contributed by atoms with van der Waals surface area (Å²) in [6, 6.07) is 1.22. The van der Waals surface area contributed by atoms with Gasteiger partial charge in [0.25, 0.3) is 0 Å². The maximum atomic E-state index is 13.3. The highest BCUT2D eigenvalue weighted by atomic mass is 19.4. The maximum Gasteiger partial charge on any atom is 0.416 e. The Morgan fingerprint density at radius 2 is 2.05 bits per heavy atom. The van der Waals surface area contributed by atoms with E-state index in [0.717, 1.165) is 0 Å². The van der Waals surface area contributed by atoms with Crippen molar-refractivity contribution in [1.29, 1.82) is 0 Å². The molecule has 0 fully saturated rings. The van der Waals surface area contributed by atoms with Crippen LogP contribution in [0, 0.1) is 10.1 Å². The first-order valence-corrected chi connectivity index (χ1v) is 5.49. The molecule has 10 heteroatoms. The SMILES string of the molecule is CCOC(=O)C(F)Oc1ccc(C(F)(F)F)cc1[N+](=O)[O-]. The van der Waals surface area contributed by atoms with E-state index >= 15 is 0 Å². The molecule has 6 nitrogen and oxygen atoms in total. The van der Waals surface area contributed by atoms with Crippen molar-refractivity contribution in [3.63, 3.8) is 0 Å². The number of rotatable bonds is 5. The van der Waals surface area contributed by atoms with Gasteiger partial charge in [-0.25, -0.2) is 4.79 Å². The number of ether oxygens (including phenoxy) is 2. The summed E-state index contributed by atoms with van der Waals surface area (Å²) in [5.41, 5.74) is -2.41. The molecule has 1 aromatic carbocycles. The van der Waals surface area contributed by atoms with Crippen molar-refractivity contribution < 1.29 is 36.8 Å². The van der Waals surface area contributed by atoms with Crippen LogP contribution in [0.25, 0.3) is 0 Å². The van der Waals surface area contributed by atoms with Crippen LogP contribution < -0.4 is 4.74 Å². The molecular formula is C11H9F4NO5. The minimum Gasteiger partial charge on any atom is -0.461 e. The van der Waals surface area contributed by atoms with Crippen LogP contribution in [0.2, 0.25) is 0 Å². The summed E-state index contributed by atoms with van der Waals surface area (Å²) in [5.74, 6) is -2.25. The quantitative estimate of drug-likeness (QED) is 0.361. The third-order valence-corrected chi connectivity index (χ3v) is 2.19. The van der Waals surface area contributed by atoms with Gasteiger partial charge in [-0.1, -0.05) is 0 Å². The van der Waals surface area contributed by atoms with Crippen molar-refractivity contribution >= 4 is 11.7 Å². The molecule has 1 aromatic rings. The number of alkyl halides is 4. The molecule has 0 saturated carbocycles. The van der Waals surface area contributed by atoms with E-state index in [2.05, 4.69) is 9.47 Å². The Morgan fingerprint density at radius 1 is 1.43 bits per heavy atom. The number of carbonyl (C=O) groups is 1. The molecule has 0 amide bonds. The van der Waals surface area contributed by atoms with E-state index in [9.17, 15) is 32.5 Å². The fraction of sp³-hybridized carbons (Fsp3) is 0.364. The fourth-order valence-electron chi connectivity index (χ4n) is 1.30. The van der Waals surface area contributed by atoms with Gasteiger partial charge in [0.2, 0.25) is 5.75 Å². The van der Waals surface area contributed by atoms with Crippen molar-refractivity contribution in [1.82, 2.24) is 0 Å². The summed E-state index contributed by atoms with van der Waals surface area (Å²) in [7, 11) is 0. The zero-order valence-corrected chi connectivity index (χ0v) is 10.5. The average molecular weight is 311 g/mol. The number of nitro groups is 1. The van der Waals surface area contributed by atoms with E-state index in [1.165, 1.54) is 6.92 Å². The Labute approximate surface area is 115 Å². The Bertz CT molecular complexity index is 546. The summed E-state index contributed by atoms with van der Waals surface area (Å²) in [5, 5.41) is 10.7. The molecule has 1 unspecified atom stereocenters. The van der Waals surface area contributed by atoms with Gasteiger partial charge in [0.05, 0.1) is 17.1 Å². The lowest BCUT2D eigenvalue weighted by atomic mass is 10.2. The summed E-state index contributed by atoms with van der Waals surface area (Å²) < 4.78 is 59.2. The highest BCUT2D eigenvalue weighted by molar-refractivity contribution is 5.73. The molecule has 0 N–H and O–H groups in total. The van der Waals surface area contributed by atoms with Crippen LogP contribution in [0.1, 0.15) is 12.5 Å². The van der Waals surface area contributed by atoms with E-state index in [1.807, 2.05) is 0 Å². The maximum absolute atomic E-state index is 13.3. The predicted molar refractivity (Wildman–Crippen MR) is 60.3 cm³/mol. The zero-order valence-electron chi connectivity index (χ0n) is 10.5. The molecule has 0 aliphatic carbocycles. The highest BCUT2D eigenvalue weighted by Crippen LogP contribution is 2.36. The molecule has 0 radical (unpaired) electrons. The number of carbonyl (C=O) groups excluding carboxylic acids is 1. The Hall–Kier alpha value is -2.39. The molecule has 1 rings (SSSR count).